The van der Waals surface area contributed by atoms with Crippen LogP contribution in [0.15, 0.2) is 36.4 Å². The Balaban J connectivity index is 2.09. The lowest BCUT2D eigenvalue weighted by Gasteiger charge is -2.09. The first-order valence-corrected chi connectivity index (χ1v) is 6.03. The number of anilines is 2. The maximum atomic E-state index is 13.1. The van der Waals surface area contributed by atoms with E-state index in [2.05, 4.69) is 5.32 Å². The second kappa shape index (κ2) is 6.02. The molecule has 0 amide bonds. The Kier molecular flexibility index (Phi) is 4.16. The summed E-state index contributed by atoms with van der Waals surface area (Å²) in [6.45, 7) is 0.354. The molecule has 0 bridgehead atoms. The summed E-state index contributed by atoms with van der Waals surface area (Å²) < 4.78 is 25.9. The van der Waals surface area contributed by atoms with Crippen LogP contribution in [0.25, 0.3) is 0 Å². The van der Waals surface area contributed by atoms with Gasteiger partial charge in [0.1, 0.15) is 0 Å². The van der Waals surface area contributed by atoms with Crippen LogP contribution < -0.4 is 11.1 Å². The molecule has 0 saturated heterocycles. The standard InChI is InChI=1S/C15H13F2N3/c16-13-3-1-10(7-14(13)17)9-20-12-2-4-15(19)11(8-12)5-6-18/h1-4,7-8,20H,5,9,19H2. The van der Waals surface area contributed by atoms with Gasteiger partial charge in [-0.1, -0.05) is 6.07 Å². The molecule has 0 saturated carbocycles. The zero-order chi connectivity index (χ0) is 14.5. The summed E-state index contributed by atoms with van der Waals surface area (Å²) >= 11 is 0. The van der Waals surface area contributed by atoms with E-state index in [1.165, 1.54) is 6.07 Å². The molecule has 102 valence electrons. The summed E-state index contributed by atoms with van der Waals surface area (Å²) in [4.78, 5) is 0. The number of halogens is 2. The number of hydrogen-bond acceptors (Lipinski definition) is 3. The Labute approximate surface area is 115 Å². The number of rotatable bonds is 4. The summed E-state index contributed by atoms with van der Waals surface area (Å²) in [6.07, 6.45) is 0.229. The molecule has 2 rings (SSSR count). The lowest BCUT2D eigenvalue weighted by Crippen LogP contribution is -2.02. The third-order valence-electron chi connectivity index (χ3n) is 2.89. The van der Waals surface area contributed by atoms with Gasteiger partial charge in [-0.25, -0.2) is 8.78 Å². The van der Waals surface area contributed by atoms with Gasteiger partial charge >= 0.3 is 0 Å². The minimum absolute atomic E-state index is 0.229. The lowest BCUT2D eigenvalue weighted by atomic mass is 10.1. The van der Waals surface area contributed by atoms with Gasteiger partial charge in [-0.2, -0.15) is 5.26 Å². The fraction of sp³-hybridized carbons (Fsp3) is 0.133. The summed E-state index contributed by atoms with van der Waals surface area (Å²) in [5, 5.41) is 11.8. The normalized spacial score (nSPS) is 10.1. The van der Waals surface area contributed by atoms with Gasteiger partial charge in [0.25, 0.3) is 0 Å². The smallest absolute Gasteiger partial charge is 0.159 e. The SMILES string of the molecule is N#CCc1cc(NCc2ccc(F)c(F)c2)ccc1N. The summed E-state index contributed by atoms with van der Waals surface area (Å²) in [5.41, 5.74) is 8.45. The van der Waals surface area contributed by atoms with Gasteiger partial charge in [-0.3, -0.25) is 0 Å². The van der Waals surface area contributed by atoms with Gasteiger partial charge in [0.2, 0.25) is 0 Å². The summed E-state index contributed by atoms with van der Waals surface area (Å²) in [6, 6.07) is 11.1. The maximum absolute atomic E-state index is 13.1. The predicted octanol–water partition coefficient (Wildman–Crippen LogP) is 3.23. The number of nitriles is 1. The number of benzene rings is 2. The topological polar surface area (TPSA) is 61.8 Å². The van der Waals surface area contributed by atoms with Crippen LogP contribution in [-0.2, 0) is 13.0 Å². The van der Waals surface area contributed by atoms with E-state index >= 15 is 0 Å². The first-order valence-electron chi connectivity index (χ1n) is 6.03. The molecule has 0 spiro atoms. The predicted molar refractivity (Wildman–Crippen MR) is 73.9 cm³/mol. The van der Waals surface area contributed by atoms with Gasteiger partial charge in [-0.05, 0) is 41.5 Å². The van der Waals surface area contributed by atoms with Crippen molar-refractivity contribution in [3.8, 4) is 6.07 Å². The minimum Gasteiger partial charge on any atom is -0.398 e. The summed E-state index contributed by atoms with van der Waals surface area (Å²) in [7, 11) is 0. The highest BCUT2D eigenvalue weighted by Crippen LogP contribution is 2.19. The molecule has 0 aliphatic carbocycles. The molecular weight excluding hydrogens is 260 g/mol. The second-order valence-corrected chi connectivity index (χ2v) is 4.35. The fourth-order valence-electron chi connectivity index (χ4n) is 1.81. The summed E-state index contributed by atoms with van der Waals surface area (Å²) in [5.74, 6) is -1.73. The van der Waals surface area contributed by atoms with Crippen molar-refractivity contribution in [2.45, 2.75) is 13.0 Å². The number of nitrogen functional groups attached to an aromatic ring is 1. The Hall–Kier alpha value is -2.61. The third-order valence-corrected chi connectivity index (χ3v) is 2.89. The molecule has 0 aromatic heterocycles. The van der Waals surface area contributed by atoms with E-state index in [1.807, 2.05) is 6.07 Å². The van der Waals surface area contributed by atoms with E-state index in [1.54, 1.807) is 18.2 Å². The van der Waals surface area contributed by atoms with Gasteiger partial charge < -0.3 is 11.1 Å². The van der Waals surface area contributed by atoms with Crippen molar-refractivity contribution in [1.29, 1.82) is 5.26 Å². The molecule has 3 nitrogen and oxygen atoms in total. The molecule has 0 atom stereocenters. The number of hydrogen-bond donors (Lipinski definition) is 2. The lowest BCUT2D eigenvalue weighted by molar-refractivity contribution is 0.507. The quantitative estimate of drug-likeness (QED) is 0.841. The van der Waals surface area contributed by atoms with Crippen molar-refractivity contribution in [3.63, 3.8) is 0 Å². The van der Waals surface area contributed by atoms with Gasteiger partial charge in [0, 0.05) is 17.9 Å². The molecule has 0 radical (unpaired) electrons. The first-order chi connectivity index (χ1) is 9.60. The monoisotopic (exact) mass is 273 g/mol. The van der Waals surface area contributed by atoms with Crippen LogP contribution in [0.2, 0.25) is 0 Å². The molecule has 5 heteroatoms. The molecule has 0 heterocycles. The van der Waals surface area contributed by atoms with Crippen LogP contribution in [0, 0.1) is 23.0 Å². The van der Waals surface area contributed by atoms with E-state index in [4.69, 9.17) is 11.0 Å². The highest BCUT2D eigenvalue weighted by Gasteiger charge is 2.04. The van der Waals surface area contributed by atoms with Crippen molar-refractivity contribution in [2.75, 3.05) is 11.1 Å². The minimum atomic E-state index is -0.869. The van der Waals surface area contributed by atoms with E-state index in [-0.39, 0.29) is 6.42 Å². The molecular formula is C15H13F2N3. The number of nitrogens with two attached hydrogens (primary N) is 1. The van der Waals surface area contributed by atoms with Crippen LogP contribution in [0.4, 0.5) is 20.2 Å². The average molecular weight is 273 g/mol. The fourth-order valence-corrected chi connectivity index (χ4v) is 1.81. The van der Waals surface area contributed by atoms with Crippen LogP contribution in [-0.4, -0.2) is 0 Å². The molecule has 0 unspecified atom stereocenters. The van der Waals surface area contributed by atoms with Crippen molar-refractivity contribution in [3.05, 3.63) is 59.2 Å². The Morgan fingerprint density at radius 2 is 1.90 bits per heavy atom. The first kappa shape index (κ1) is 13.8. The number of nitrogens with one attached hydrogen (secondary N) is 1. The molecule has 2 aromatic rings. The Morgan fingerprint density at radius 3 is 2.60 bits per heavy atom. The van der Waals surface area contributed by atoms with E-state index in [9.17, 15) is 8.78 Å². The Bertz CT molecular complexity index is 663. The second-order valence-electron chi connectivity index (χ2n) is 4.35. The van der Waals surface area contributed by atoms with Crippen LogP contribution >= 0.6 is 0 Å². The van der Waals surface area contributed by atoms with Crippen LogP contribution in [0.3, 0.4) is 0 Å². The molecule has 3 N–H and O–H groups in total. The largest absolute Gasteiger partial charge is 0.398 e. The van der Waals surface area contributed by atoms with Gasteiger partial charge in [0.15, 0.2) is 11.6 Å². The highest BCUT2D eigenvalue weighted by atomic mass is 19.2. The maximum Gasteiger partial charge on any atom is 0.159 e. The van der Waals surface area contributed by atoms with Crippen molar-refractivity contribution >= 4 is 11.4 Å². The van der Waals surface area contributed by atoms with Crippen LogP contribution in [0.1, 0.15) is 11.1 Å². The Morgan fingerprint density at radius 1 is 1.10 bits per heavy atom. The zero-order valence-corrected chi connectivity index (χ0v) is 10.7. The molecule has 0 aliphatic heterocycles. The van der Waals surface area contributed by atoms with Gasteiger partial charge in [0.05, 0.1) is 12.5 Å². The van der Waals surface area contributed by atoms with Crippen molar-refractivity contribution < 1.29 is 8.78 Å². The van der Waals surface area contributed by atoms with E-state index in [0.717, 1.165) is 23.4 Å². The molecule has 0 aliphatic rings. The van der Waals surface area contributed by atoms with Crippen molar-refractivity contribution in [1.82, 2.24) is 0 Å². The average Bonchev–Trinajstić information content (AvgIpc) is 2.43. The molecule has 2 aromatic carbocycles. The zero-order valence-electron chi connectivity index (χ0n) is 10.7. The van der Waals surface area contributed by atoms with E-state index in [0.29, 0.717) is 17.8 Å². The molecule has 20 heavy (non-hydrogen) atoms. The van der Waals surface area contributed by atoms with Crippen LogP contribution in [0.5, 0.6) is 0 Å². The van der Waals surface area contributed by atoms with E-state index < -0.39 is 11.6 Å². The van der Waals surface area contributed by atoms with Crippen molar-refractivity contribution in [2.24, 2.45) is 0 Å². The molecule has 0 fully saturated rings. The third kappa shape index (κ3) is 3.23. The number of nitrogens with zero attached hydrogens (tertiary/aromatic N) is 1. The highest BCUT2D eigenvalue weighted by molar-refractivity contribution is 5.58. The van der Waals surface area contributed by atoms with Gasteiger partial charge in [-0.15, -0.1) is 0 Å².